The molecule has 3 aromatic rings. The summed E-state index contributed by atoms with van der Waals surface area (Å²) in [7, 11) is 0. The van der Waals surface area contributed by atoms with Crippen LogP contribution in [-0.2, 0) is 4.74 Å². The molecule has 1 unspecified atom stereocenters. The van der Waals surface area contributed by atoms with Crippen LogP contribution in [0.25, 0.3) is 10.9 Å². The smallest absolute Gasteiger partial charge is 0.175 e. The number of halogens is 2. The van der Waals surface area contributed by atoms with Crippen LogP contribution in [0.5, 0.6) is 0 Å². The minimum Gasteiger partial charge on any atom is -0.409 e. The van der Waals surface area contributed by atoms with Gasteiger partial charge in [-0.1, -0.05) is 16.8 Å². The highest BCUT2D eigenvalue weighted by molar-refractivity contribution is 6.30. The second-order valence-electron chi connectivity index (χ2n) is 8.45. The summed E-state index contributed by atoms with van der Waals surface area (Å²) >= 11 is 5.92. The topological polar surface area (TPSA) is 66.7 Å². The van der Waals surface area contributed by atoms with E-state index >= 15 is 0 Å². The quantitative estimate of drug-likeness (QED) is 0.223. The molecule has 2 heterocycles. The third-order valence-corrected chi connectivity index (χ3v) is 6.80. The van der Waals surface area contributed by atoms with Crippen molar-refractivity contribution in [1.29, 1.82) is 0 Å². The lowest BCUT2D eigenvalue weighted by atomic mass is 9.70. The first-order valence-corrected chi connectivity index (χ1v) is 10.9. The summed E-state index contributed by atoms with van der Waals surface area (Å²) in [6, 6.07) is 14.0. The Morgan fingerprint density at radius 2 is 1.90 bits per heavy atom. The van der Waals surface area contributed by atoms with Crippen LogP contribution in [-0.4, -0.2) is 27.7 Å². The molecule has 1 saturated heterocycles. The number of pyridine rings is 1. The highest BCUT2D eigenvalue weighted by atomic mass is 35.5. The Balaban J connectivity index is 1.23. The van der Waals surface area contributed by atoms with Crippen LogP contribution < -0.4 is 5.32 Å². The summed E-state index contributed by atoms with van der Waals surface area (Å²) in [4.78, 5) is 4.37. The summed E-state index contributed by atoms with van der Waals surface area (Å²) in [5.41, 5.74) is 2.61. The summed E-state index contributed by atoms with van der Waals surface area (Å²) in [5.74, 6) is 0.535. The van der Waals surface area contributed by atoms with E-state index in [-0.39, 0.29) is 17.5 Å². The fourth-order valence-electron chi connectivity index (χ4n) is 4.91. The molecule has 2 fully saturated rings. The average Bonchev–Trinajstić information content (AvgIpc) is 2.77. The SMILES string of the molecule is O/N=C(\Nc1ccc(Cl)cc1)C1CC2(CCC(c3ccnc4ccc(F)cc34)CC2)O1. The Morgan fingerprint density at radius 1 is 1.16 bits per heavy atom. The number of rotatable bonds is 3. The van der Waals surface area contributed by atoms with Crippen LogP contribution in [0.2, 0.25) is 5.02 Å². The molecule has 1 spiro atoms. The molecule has 0 bridgehead atoms. The lowest BCUT2D eigenvalue weighted by Crippen LogP contribution is -2.56. The molecule has 2 N–H and O–H groups in total. The number of benzene rings is 2. The van der Waals surface area contributed by atoms with Crippen LogP contribution in [0.4, 0.5) is 10.1 Å². The van der Waals surface area contributed by atoms with E-state index in [0.717, 1.165) is 54.3 Å². The van der Waals surface area contributed by atoms with Gasteiger partial charge in [-0.05, 0) is 85.7 Å². The number of aromatic nitrogens is 1. The van der Waals surface area contributed by atoms with Crippen molar-refractivity contribution in [3.8, 4) is 0 Å². The van der Waals surface area contributed by atoms with E-state index in [4.69, 9.17) is 16.3 Å². The van der Waals surface area contributed by atoms with Crippen LogP contribution in [0.15, 0.2) is 59.9 Å². The first kappa shape index (κ1) is 20.2. The van der Waals surface area contributed by atoms with Gasteiger partial charge < -0.3 is 15.3 Å². The Hall–Kier alpha value is -2.70. The maximum Gasteiger partial charge on any atom is 0.175 e. The van der Waals surface area contributed by atoms with Gasteiger partial charge in [0, 0.05) is 28.7 Å². The van der Waals surface area contributed by atoms with Crippen molar-refractivity contribution in [3.63, 3.8) is 0 Å². The van der Waals surface area contributed by atoms with Gasteiger partial charge in [-0.15, -0.1) is 0 Å². The number of hydrogen-bond donors (Lipinski definition) is 2. The fraction of sp³-hybridized carbons (Fsp3) is 0.333. The van der Waals surface area contributed by atoms with Crippen LogP contribution in [0.1, 0.15) is 43.6 Å². The molecule has 2 aliphatic rings. The van der Waals surface area contributed by atoms with E-state index in [2.05, 4.69) is 15.5 Å². The molecule has 31 heavy (non-hydrogen) atoms. The largest absolute Gasteiger partial charge is 0.409 e. The fourth-order valence-corrected chi connectivity index (χ4v) is 5.03. The number of fused-ring (bicyclic) bond motifs is 1. The van der Waals surface area contributed by atoms with Crippen molar-refractivity contribution in [2.24, 2.45) is 5.16 Å². The molecular formula is C24H23ClFN3O2. The Labute approximate surface area is 184 Å². The molecule has 1 saturated carbocycles. The van der Waals surface area contributed by atoms with Gasteiger partial charge in [0.15, 0.2) is 5.84 Å². The third-order valence-electron chi connectivity index (χ3n) is 6.55. The van der Waals surface area contributed by atoms with Gasteiger partial charge in [0.2, 0.25) is 0 Å². The van der Waals surface area contributed by atoms with Crippen molar-refractivity contribution in [2.75, 3.05) is 5.32 Å². The average molecular weight is 440 g/mol. The minimum absolute atomic E-state index is 0.174. The van der Waals surface area contributed by atoms with Gasteiger partial charge in [0.05, 0.1) is 11.1 Å². The van der Waals surface area contributed by atoms with Crippen molar-refractivity contribution in [3.05, 3.63) is 71.1 Å². The number of anilines is 1. The van der Waals surface area contributed by atoms with Crippen molar-refractivity contribution >= 4 is 34.0 Å². The highest BCUT2D eigenvalue weighted by Gasteiger charge is 2.49. The molecule has 0 radical (unpaired) electrons. The van der Waals surface area contributed by atoms with Crippen molar-refractivity contribution < 1.29 is 14.3 Å². The van der Waals surface area contributed by atoms with Crippen LogP contribution in [0, 0.1) is 5.82 Å². The Kier molecular flexibility index (Phi) is 5.28. The summed E-state index contributed by atoms with van der Waals surface area (Å²) in [6.45, 7) is 0. The number of nitrogens with zero attached hydrogens (tertiary/aromatic N) is 2. The first-order chi connectivity index (χ1) is 15.0. The summed E-state index contributed by atoms with van der Waals surface area (Å²) in [5, 5.41) is 17.5. The number of amidine groups is 1. The minimum atomic E-state index is -0.256. The normalized spacial score (nSPS) is 26.1. The zero-order valence-electron chi connectivity index (χ0n) is 16.9. The van der Waals surface area contributed by atoms with E-state index in [9.17, 15) is 9.60 Å². The number of hydrogen-bond acceptors (Lipinski definition) is 4. The Morgan fingerprint density at radius 3 is 2.61 bits per heavy atom. The third kappa shape index (κ3) is 3.98. The number of oxime groups is 1. The lowest BCUT2D eigenvalue weighted by Gasteiger charge is -2.51. The Bertz CT molecular complexity index is 1120. The molecule has 1 aliphatic carbocycles. The highest BCUT2D eigenvalue weighted by Crippen LogP contribution is 2.49. The molecule has 5 nitrogen and oxygen atoms in total. The molecule has 1 aliphatic heterocycles. The first-order valence-electron chi connectivity index (χ1n) is 10.5. The molecule has 1 aromatic heterocycles. The maximum absolute atomic E-state index is 13.8. The standard InChI is InChI=1S/C24H23ClFN3O2/c25-16-1-4-18(5-2-16)28-23(29-30)22-14-24(31-22)10-7-15(8-11-24)19-9-12-27-21-6-3-17(26)13-20(19)21/h1-6,9,12-13,15,22,30H,7-8,10-11,14H2,(H,28,29). The summed E-state index contributed by atoms with van der Waals surface area (Å²) < 4.78 is 20.1. The second-order valence-corrected chi connectivity index (χ2v) is 8.88. The van der Waals surface area contributed by atoms with E-state index in [1.54, 1.807) is 24.3 Å². The number of ether oxygens (including phenoxy) is 1. The molecule has 160 valence electrons. The van der Waals surface area contributed by atoms with E-state index < -0.39 is 0 Å². The van der Waals surface area contributed by atoms with Gasteiger partial charge in [-0.2, -0.15) is 0 Å². The van der Waals surface area contributed by atoms with Gasteiger partial charge in [-0.25, -0.2) is 4.39 Å². The van der Waals surface area contributed by atoms with E-state index in [1.807, 2.05) is 24.4 Å². The zero-order chi connectivity index (χ0) is 21.4. The zero-order valence-corrected chi connectivity index (χ0v) is 17.6. The van der Waals surface area contributed by atoms with Gasteiger partial charge in [0.1, 0.15) is 11.9 Å². The molecule has 2 aromatic carbocycles. The van der Waals surface area contributed by atoms with Gasteiger partial charge in [-0.3, -0.25) is 4.98 Å². The van der Waals surface area contributed by atoms with Crippen molar-refractivity contribution in [2.45, 2.75) is 49.7 Å². The monoisotopic (exact) mass is 439 g/mol. The van der Waals surface area contributed by atoms with Gasteiger partial charge in [0.25, 0.3) is 0 Å². The second kappa shape index (κ2) is 8.09. The van der Waals surface area contributed by atoms with Gasteiger partial charge >= 0.3 is 0 Å². The molecular weight excluding hydrogens is 417 g/mol. The lowest BCUT2D eigenvalue weighted by molar-refractivity contribution is -0.194. The van der Waals surface area contributed by atoms with E-state index in [0.29, 0.717) is 16.8 Å². The predicted octanol–water partition coefficient (Wildman–Crippen LogP) is 6.11. The van der Waals surface area contributed by atoms with Crippen molar-refractivity contribution in [1.82, 2.24) is 4.98 Å². The summed E-state index contributed by atoms with van der Waals surface area (Å²) in [6.07, 6.45) is 6.15. The van der Waals surface area contributed by atoms with Crippen LogP contribution in [0.3, 0.4) is 0 Å². The molecule has 0 amide bonds. The maximum atomic E-state index is 13.8. The van der Waals surface area contributed by atoms with Crippen LogP contribution >= 0.6 is 11.6 Å². The number of nitrogens with one attached hydrogen (secondary N) is 1. The molecule has 5 rings (SSSR count). The molecule has 1 atom stereocenters. The van der Waals surface area contributed by atoms with E-state index in [1.165, 1.54) is 6.07 Å². The predicted molar refractivity (Wildman–Crippen MR) is 119 cm³/mol. The molecule has 7 heteroatoms.